The molecule has 0 radical (unpaired) electrons. The van der Waals surface area contributed by atoms with Gasteiger partial charge < -0.3 is 9.64 Å². The molecule has 3 rings (SSSR count). The van der Waals surface area contributed by atoms with Crippen molar-refractivity contribution in [1.29, 1.82) is 0 Å². The normalized spacial score (nSPS) is 18.4. The molecule has 1 aromatic rings. The number of hydrogen-bond donors (Lipinski definition) is 0. The molecule has 0 spiro atoms. The molecular weight excluding hydrogens is 292 g/mol. The minimum Gasteiger partial charge on any atom is -0.489 e. The Labute approximate surface area is 136 Å². The lowest BCUT2D eigenvalue weighted by Crippen LogP contribution is -2.34. The molecule has 0 bridgehead atoms. The molecule has 116 valence electrons. The molecule has 0 aromatic heterocycles. The van der Waals surface area contributed by atoms with Gasteiger partial charge in [0.15, 0.2) is 0 Å². The second kappa shape index (κ2) is 7.05. The molecular formula is C18H22N2OS. The molecule has 2 heterocycles. The summed E-state index contributed by atoms with van der Waals surface area (Å²) in [4.78, 5) is 2.20. The van der Waals surface area contributed by atoms with E-state index in [9.17, 15) is 0 Å². The van der Waals surface area contributed by atoms with Crippen LogP contribution in [0.25, 0.3) is 0 Å². The van der Waals surface area contributed by atoms with Crippen LogP contribution in [0.5, 0.6) is 5.75 Å². The molecule has 3 nitrogen and oxygen atoms in total. The number of allylic oxidation sites excluding steroid dienone is 2. The van der Waals surface area contributed by atoms with E-state index in [0.29, 0.717) is 12.5 Å². The van der Waals surface area contributed by atoms with Gasteiger partial charge in [0.05, 0.1) is 0 Å². The second-order valence-corrected chi connectivity index (χ2v) is 6.49. The zero-order valence-electron chi connectivity index (χ0n) is 13.2. The standard InChI is InChI=1S/C18H22N2OS/c1-3-14(2)15-6-8-17(9-7-15)21-13-16-5-4-10-20-11-12-22-19-18(16)20/h4-10,14H,3,11-13H2,1-2H3. The first-order valence-electron chi connectivity index (χ1n) is 7.85. The van der Waals surface area contributed by atoms with E-state index in [4.69, 9.17) is 4.74 Å². The summed E-state index contributed by atoms with van der Waals surface area (Å²) in [6.45, 7) is 6.04. The van der Waals surface area contributed by atoms with Gasteiger partial charge in [-0.15, -0.1) is 0 Å². The molecule has 0 amide bonds. The van der Waals surface area contributed by atoms with Gasteiger partial charge in [0, 0.05) is 24.1 Å². The van der Waals surface area contributed by atoms with Crippen molar-refractivity contribution in [3.8, 4) is 5.75 Å². The summed E-state index contributed by atoms with van der Waals surface area (Å²) in [5.41, 5.74) is 2.51. The Morgan fingerprint density at radius 1 is 1.32 bits per heavy atom. The van der Waals surface area contributed by atoms with E-state index in [1.165, 1.54) is 5.56 Å². The fourth-order valence-electron chi connectivity index (χ4n) is 2.53. The van der Waals surface area contributed by atoms with Gasteiger partial charge in [0.1, 0.15) is 18.2 Å². The van der Waals surface area contributed by atoms with Crippen molar-refractivity contribution in [2.24, 2.45) is 4.40 Å². The van der Waals surface area contributed by atoms with Gasteiger partial charge in [0.25, 0.3) is 0 Å². The number of rotatable bonds is 5. The van der Waals surface area contributed by atoms with Crippen molar-refractivity contribution in [3.05, 3.63) is 53.8 Å². The lowest BCUT2D eigenvalue weighted by atomic mass is 9.99. The van der Waals surface area contributed by atoms with Crippen LogP contribution in [0.1, 0.15) is 31.7 Å². The molecule has 2 aliphatic heterocycles. The molecule has 4 heteroatoms. The van der Waals surface area contributed by atoms with Crippen LogP contribution in [-0.4, -0.2) is 29.6 Å². The monoisotopic (exact) mass is 314 g/mol. The zero-order valence-corrected chi connectivity index (χ0v) is 14.0. The van der Waals surface area contributed by atoms with Gasteiger partial charge in [-0.05, 0) is 48.1 Å². The minimum absolute atomic E-state index is 0.558. The highest BCUT2D eigenvalue weighted by molar-refractivity contribution is 7.98. The van der Waals surface area contributed by atoms with Crippen molar-refractivity contribution in [1.82, 2.24) is 4.90 Å². The Morgan fingerprint density at radius 3 is 2.91 bits per heavy atom. The predicted octanol–water partition coefficient (Wildman–Crippen LogP) is 4.39. The Kier molecular flexibility index (Phi) is 4.88. The predicted molar refractivity (Wildman–Crippen MR) is 94.5 cm³/mol. The SMILES string of the molecule is CCC(C)c1ccc(OCC2=CC=CN3CCSN=C23)cc1. The van der Waals surface area contributed by atoms with Gasteiger partial charge in [0.2, 0.25) is 0 Å². The molecule has 1 atom stereocenters. The fourth-order valence-corrected chi connectivity index (χ4v) is 3.25. The van der Waals surface area contributed by atoms with Crippen molar-refractivity contribution in [3.63, 3.8) is 0 Å². The van der Waals surface area contributed by atoms with Crippen molar-refractivity contribution in [2.45, 2.75) is 26.2 Å². The lowest BCUT2D eigenvalue weighted by Gasteiger charge is -2.28. The van der Waals surface area contributed by atoms with Gasteiger partial charge in [-0.3, -0.25) is 0 Å². The Hall–Kier alpha value is -1.68. The van der Waals surface area contributed by atoms with Crippen LogP contribution in [0.15, 0.2) is 52.6 Å². The van der Waals surface area contributed by atoms with Crippen molar-refractivity contribution in [2.75, 3.05) is 18.9 Å². The Morgan fingerprint density at radius 2 is 2.14 bits per heavy atom. The lowest BCUT2D eigenvalue weighted by molar-refractivity contribution is 0.354. The maximum Gasteiger partial charge on any atom is 0.147 e. The van der Waals surface area contributed by atoms with Crippen LogP contribution in [0.2, 0.25) is 0 Å². The number of benzene rings is 1. The summed E-state index contributed by atoms with van der Waals surface area (Å²) in [5.74, 6) is 3.59. The number of ether oxygens (including phenoxy) is 1. The highest BCUT2D eigenvalue weighted by Gasteiger charge is 2.20. The molecule has 0 aliphatic carbocycles. The summed E-state index contributed by atoms with van der Waals surface area (Å²) >= 11 is 1.63. The maximum atomic E-state index is 5.94. The first-order valence-corrected chi connectivity index (χ1v) is 8.79. The number of hydrogen-bond acceptors (Lipinski definition) is 4. The highest BCUT2D eigenvalue weighted by atomic mass is 32.2. The molecule has 2 aliphatic rings. The summed E-state index contributed by atoms with van der Waals surface area (Å²) in [6.07, 6.45) is 7.41. The number of fused-ring (bicyclic) bond motifs is 1. The maximum absolute atomic E-state index is 5.94. The third-order valence-electron chi connectivity index (χ3n) is 4.15. The van der Waals surface area contributed by atoms with Crippen LogP contribution < -0.4 is 4.74 Å². The minimum atomic E-state index is 0.558. The Bertz CT molecular complexity index is 604. The summed E-state index contributed by atoms with van der Waals surface area (Å²) < 4.78 is 10.5. The number of nitrogens with zero attached hydrogens (tertiary/aromatic N) is 2. The Balaban J connectivity index is 1.64. The third kappa shape index (κ3) is 3.38. The van der Waals surface area contributed by atoms with Gasteiger partial charge >= 0.3 is 0 Å². The molecule has 0 saturated carbocycles. The fraction of sp³-hybridized carbons (Fsp3) is 0.389. The van der Waals surface area contributed by atoms with Crippen molar-refractivity contribution >= 4 is 17.8 Å². The molecule has 1 aromatic carbocycles. The molecule has 22 heavy (non-hydrogen) atoms. The topological polar surface area (TPSA) is 24.8 Å². The van der Waals surface area contributed by atoms with E-state index in [-0.39, 0.29) is 0 Å². The number of amidine groups is 1. The molecule has 0 fully saturated rings. The average molecular weight is 314 g/mol. The quantitative estimate of drug-likeness (QED) is 0.753. The molecule has 1 unspecified atom stereocenters. The summed E-state index contributed by atoms with van der Waals surface area (Å²) in [7, 11) is 0. The summed E-state index contributed by atoms with van der Waals surface area (Å²) in [5, 5.41) is 0. The zero-order chi connectivity index (χ0) is 15.4. The van der Waals surface area contributed by atoms with Gasteiger partial charge in [-0.2, -0.15) is 4.40 Å². The van der Waals surface area contributed by atoms with E-state index in [1.807, 2.05) is 0 Å². The highest BCUT2D eigenvalue weighted by Crippen LogP contribution is 2.24. The van der Waals surface area contributed by atoms with E-state index in [2.05, 4.69) is 65.8 Å². The van der Waals surface area contributed by atoms with Crippen LogP contribution in [0, 0.1) is 0 Å². The second-order valence-electron chi connectivity index (χ2n) is 5.64. The largest absolute Gasteiger partial charge is 0.489 e. The van der Waals surface area contributed by atoms with Crippen molar-refractivity contribution < 1.29 is 4.74 Å². The molecule has 0 N–H and O–H groups in total. The van der Waals surface area contributed by atoms with E-state index in [0.717, 1.165) is 35.9 Å². The summed E-state index contributed by atoms with van der Waals surface area (Å²) in [6, 6.07) is 8.46. The third-order valence-corrected chi connectivity index (χ3v) is 4.82. The molecule has 0 saturated heterocycles. The van der Waals surface area contributed by atoms with Crippen LogP contribution in [-0.2, 0) is 0 Å². The van der Waals surface area contributed by atoms with Crippen LogP contribution >= 0.6 is 11.9 Å². The van der Waals surface area contributed by atoms with Crippen LogP contribution in [0.3, 0.4) is 0 Å². The van der Waals surface area contributed by atoms with E-state index < -0.39 is 0 Å². The smallest absolute Gasteiger partial charge is 0.147 e. The first-order chi connectivity index (χ1) is 10.8. The average Bonchev–Trinajstić information content (AvgIpc) is 2.59. The van der Waals surface area contributed by atoms with Crippen LogP contribution in [0.4, 0.5) is 0 Å². The van der Waals surface area contributed by atoms with E-state index in [1.54, 1.807) is 11.9 Å². The van der Waals surface area contributed by atoms with Gasteiger partial charge in [-0.1, -0.05) is 32.1 Å². The first kappa shape index (κ1) is 15.2. The van der Waals surface area contributed by atoms with E-state index >= 15 is 0 Å². The van der Waals surface area contributed by atoms with Gasteiger partial charge in [-0.25, -0.2) is 0 Å².